The van der Waals surface area contributed by atoms with E-state index >= 15 is 0 Å². The van der Waals surface area contributed by atoms with Crippen LogP contribution in [0.3, 0.4) is 0 Å². The fourth-order valence-corrected chi connectivity index (χ4v) is 2.49. The quantitative estimate of drug-likeness (QED) is 0.604. The number of carbonyl (C=O) groups excluding carboxylic acids is 1. The Morgan fingerprint density at radius 1 is 1.25 bits per heavy atom. The molecular weight excluding hydrogens is 302 g/mol. The maximum atomic E-state index is 12.4. The molecule has 1 aromatic carbocycles. The van der Waals surface area contributed by atoms with Gasteiger partial charge in [-0.25, -0.2) is 0 Å². The molecule has 0 unspecified atom stereocenters. The fourth-order valence-electron chi connectivity index (χ4n) is 2.49. The third kappa shape index (κ3) is 5.48. The number of Topliss-reactive ketones (excluding diaryl/α,β-unsaturated/α-hetero) is 1. The molecule has 5 nitrogen and oxygen atoms in total. The van der Waals surface area contributed by atoms with Gasteiger partial charge in [-0.1, -0.05) is 43.6 Å². The van der Waals surface area contributed by atoms with Crippen LogP contribution in [0.4, 0.5) is 6.01 Å². The average molecular weight is 329 g/mol. The van der Waals surface area contributed by atoms with E-state index in [0.717, 1.165) is 36.1 Å². The largest absolute Gasteiger partial charge is 0.338 e. The molecule has 0 aliphatic carbocycles. The summed E-state index contributed by atoms with van der Waals surface area (Å²) in [6, 6.07) is 6.25. The number of ketones is 1. The van der Waals surface area contributed by atoms with Gasteiger partial charge in [-0.3, -0.25) is 4.79 Å². The molecule has 130 valence electrons. The van der Waals surface area contributed by atoms with Crippen LogP contribution in [0.2, 0.25) is 0 Å². The molecule has 1 aromatic heterocycles. The third-order valence-corrected chi connectivity index (χ3v) is 3.86. The molecule has 5 heteroatoms. The normalized spacial score (nSPS) is 11.5. The van der Waals surface area contributed by atoms with E-state index in [1.54, 1.807) is 0 Å². The SMILES string of the molecule is Cc1ccc(C)c(C(=O)Cc2noc(NCCCC(C)(C)C)n2)c1. The van der Waals surface area contributed by atoms with E-state index in [-0.39, 0.29) is 12.2 Å². The highest BCUT2D eigenvalue weighted by Gasteiger charge is 2.15. The summed E-state index contributed by atoms with van der Waals surface area (Å²) >= 11 is 0. The number of hydrogen-bond donors (Lipinski definition) is 1. The number of rotatable bonds is 7. The lowest BCUT2D eigenvalue weighted by Gasteiger charge is -2.17. The summed E-state index contributed by atoms with van der Waals surface area (Å²) in [4.78, 5) is 16.7. The van der Waals surface area contributed by atoms with E-state index in [0.29, 0.717) is 17.3 Å². The Bertz CT molecular complexity index is 699. The van der Waals surface area contributed by atoms with Crippen LogP contribution in [0.5, 0.6) is 0 Å². The van der Waals surface area contributed by atoms with Crippen molar-refractivity contribution >= 4 is 11.8 Å². The van der Waals surface area contributed by atoms with E-state index in [4.69, 9.17) is 4.52 Å². The molecule has 0 fully saturated rings. The van der Waals surface area contributed by atoms with Crippen LogP contribution in [0.1, 0.15) is 60.9 Å². The molecule has 0 aliphatic rings. The minimum Gasteiger partial charge on any atom is -0.338 e. The molecule has 24 heavy (non-hydrogen) atoms. The van der Waals surface area contributed by atoms with Crippen LogP contribution in [-0.2, 0) is 6.42 Å². The van der Waals surface area contributed by atoms with Gasteiger partial charge in [0, 0.05) is 12.1 Å². The number of benzene rings is 1. The van der Waals surface area contributed by atoms with E-state index in [1.165, 1.54) is 0 Å². The number of anilines is 1. The van der Waals surface area contributed by atoms with Crippen LogP contribution >= 0.6 is 0 Å². The van der Waals surface area contributed by atoms with Gasteiger partial charge in [-0.05, 0) is 43.7 Å². The van der Waals surface area contributed by atoms with Crippen molar-refractivity contribution < 1.29 is 9.32 Å². The van der Waals surface area contributed by atoms with Crippen LogP contribution in [0.15, 0.2) is 22.7 Å². The number of aromatic nitrogens is 2. The van der Waals surface area contributed by atoms with Crippen molar-refractivity contribution in [3.63, 3.8) is 0 Å². The van der Waals surface area contributed by atoms with Crippen molar-refractivity contribution in [2.45, 2.75) is 53.9 Å². The molecule has 0 amide bonds. The lowest BCUT2D eigenvalue weighted by Crippen LogP contribution is -2.10. The van der Waals surface area contributed by atoms with Crippen LogP contribution in [0.25, 0.3) is 0 Å². The maximum Gasteiger partial charge on any atom is 0.321 e. The zero-order valence-corrected chi connectivity index (χ0v) is 15.3. The summed E-state index contributed by atoms with van der Waals surface area (Å²) in [5.74, 6) is 0.426. The van der Waals surface area contributed by atoms with E-state index in [2.05, 4.69) is 36.2 Å². The van der Waals surface area contributed by atoms with Gasteiger partial charge in [0.2, 0.25) is 0 Å². The van der Waals surface area contributed by atoms with Crippen molar-refractivity contribution in [3.8, 4) is 0 Å². The molecule has 0 saturated heterocycles. The van der Waals surface area contributed by atoms with Gasteiger partial charge in [0.25, 0.3) is 0 Å². The second kappa shape index (κ2) is 7.60. The van der Waals surface area contributed by atoms with Gasteiger partial charge >= 0.3 is 6.01 Å². The van der Waals surface area contributed by atoms with Crippen LogP contribution in [-0.4, -0.2) is 22.5 Å². The minimum atomic E-state index is 0.0104. The molecular formula is C19H27N3O2. The van der Waals surface area contributed by atoms with Crippen molar-refractivity contribution in [2.75, 3.05) is 11.9 Å². The van der Waals surface area contributed by atoms with Crippen molar-refractivity contribution in [3.05, 3.63) is 40.7 Å². The Hall–Kier alpha value is -2.17. The summed E-state index contributed by atoms with van der Waals surface area (Å²) in [7, 11) is 0. The summed E-state index contributed by atoms with van der Waals surface area (Å²) in [6.45, 7) is 11.4. The summed E-state index contributed by atoms with van der Waals surface area (Å²) in [6.07, 6.45) is 2.30. The average Bonchev–Trinajstić information content (AvgIpc) is 2.92. The minimum absolute atomic E-state index is 0.0104. The van der Waals surface area contributed by atoms with E-state index in [1.807, 2.05) is 32.0 Å². The zero-order valence-electron chi connectivity index (χ0n) is 15.3. The standard InChI is InChI=1S/C19H27N3O2/c1-13-7-8-14(2)15(11-13)16(23)12-17-21-18(24-22-17)20-10-6-9-19(3,4)5/h7-8,11H,6,9-10,12H2,1-5H3,(H,20,21,22). The van der Waals surface area contributed by atoms with Gasteiger partial charge in [-0.2, -0.15) is 4.98 Å². The molecule has 0 spiro atoms. The van der Waals surface area contributed by atoms with Gasteiger partial charge in [0.1, 0.15) is 0 Å². The molecule has 0 saturated carbocycles. The molecule has 0 aliphatic heterocycles. The lowest BCUT2D eigenvalue weighted by atomic mass is 9.91. The number of nitrogens with one attached hydrogen (secondary N) is 1. The van der Waals surface area contributed by atoms with Crippen molar-refractivity contribution in [1.29, 1.82) is 0 Å². The highest BCUT2D eigenvalue weighted by atomic mass is 16.5. The third-order valence-electron chi connectivity index (χ3n) is 3.86. The first-order chi connectivity index (χ1) is 11.2. The lowest BCUT2D eigenvalue weighted by molar-refractivity contribution is 0.0989. The van der Waals surface area contributed by atoms with E-state index in [9.17, 15) is 4.79 Å². The van der Waals surface area contributed by atoms with Crippen molar-refractivity contribution in [2.24, 2.45) is 5.41 Å². The summed E-state index contributed by atoms with van der Waals surface area (Å²) in [5, 5.41) is 7.01. The fraction of sp³-hybridized carbons (Fsp3) is 0.526. The summed E-state index contributed by atoms with van der Waals surface area (Å²) < 4.78 is 5.16. The molecule has 2 aromatic rings. The first-order valence-electron chi connectivity index (χ1n) is 8.41. The molecule has 1 heterocycles. The zero-order chi connectivity index (χ0) is 17.7. The second-order valence-electron chi connectivity index (χ2n) is 7.53. The smallest absolute Gasteiger partial charge is 0.321 e. The van der Waals surface area contributed by atoms with Crippen LogP contribution in [0, 0.1) is 19.3 Å². The van der Waals surface area contributed by atoms with Gasteiger partial charge in [-0.15, -0.1) is 0 Å². The highest BCUT2D eigenvalue weighted by Crippen LogP contribution is 2.20. The Kier molecular flexibility index (Phi) is 5.75. The predicted octanol–water partition coefficient (Wildman–Crippen LogP) is 4.35. The van der Waals surface area contributed by atoms with Gasteiger partial charge in [0.15, 0.2) is 11.6 Å². The Morgan fingerprint density at radius 3 is 2.71 bits per heavy atom. The Balaban J connectivity index is 1.89. The monoisotopic (exact) mass is 329 g/mol. The Labute approximate surface area is 143 Å². The molecule has 0 atom stereocenters. The molecule has 0 bridgehead atoms. The predicted molar refractivity (Wildman–Crippen MR) is 95.4 cm³/mol. The van der Waals surface area contributed by atoms with E-state index < -0.39 is 0 Å². The first-order valence-corrected chi connectivity index (χ1v) is 8.41. The molecule has 2 rings (SSSR count). The van der Waals surface area contributed by atoms with Gasteiger partial charge < -0.3 is 9.84 Å². The van der Waals surface area contributed by atoms with Crippen molar-refractivity contribution in [1.82, 2.24) is 10.1 Å². The molecule has 0 radical (unpaired) electrons. The van der Waals surface area contributed by atoms with Crippen LogP contribution < -0.4 is 5.32 Å². The number of nitrogens with zero attached hydrogens (tertiary/aromatic N) is 2. The van der Waals surface area contributed by atoms with Gasteiger partial charge in [0.05, 0.1) is 6.42 Å². The second-order valence-corrected chi connectivity index (χ2v) is 7.53. The highest BCUT2D eigenvalue weighted by molar-refractivity contribution is 5.98. The first kappa shape index (κ1) is 18.2. The summed E-state index contributed by atoms with van der Waals surface area (Å²) in [5.41, 5.74) is 3.08. The number of carbonyl (C=O) groups is 1. The maximum absolute atomic E-state index is 12.4. The topological polar surface area (TPSA) is 68.0 Å². The number of aryl methyl sites for hydroxylation is 2. The number of hydrogen-bond acceptors (Lipinski definition) is 5. The molecule has 1 N–H and O–H groups in total. The Morgan fingerprint density at radius 2 is 2.00 bits per heavy atom.